The topological polar surface area (TPSA) is 21.8 Å². The molecule has 1 aromatic rings. The monoisotopic (exact) mass is 234 g/mol. The van der Waals surface area contributed by atoms with Crippen LogP contribution in [-0.2, 0) is 4.74 Å². The fraction of sp³-hybridized carbons (Fsp3) is 0.400. The Kier molecular flexibility index (Phi) is 2.56. The van der Waals surface area contributed by atoms with Crippen LogP contribution < -0.4 is 4.74 Å². The van der Waals surface area contributed by atoms with Gasteiger partial charge >= 0.3 is 0 Å². The van der Waals surface area contributed by atoms with E-state index >= 15 is 0 Å². The van der Waals surface area contributed by atoms with Gasteiger partial charge in [-0.2, -0.15) is 4.39 Å². The van der Waals surface area contributed by atoms with Crippen LogP contribution in [0.5, 0.6) is 5.75 Å². The summed E-state index contributed by atoms with van der Waals surface area (Å²) in [7, 11) is 0. The van der Waals surface area contributed by atoms with Crippen LogP contribution in [0.1, 0.15) is 6.92 Å². The Hall–Kier alpha value is -0.870. The summed E-state index contributed by atoms with van der Waals surface area (Å²) in [6, 6.07) is 2.55. The van der Waals surface area contributed by atoms with Crippen LogP contribution in [0.25, 0.3) is 0 Å². The van der Waals surface area contributed by atoms with Gasteiger partial charge in [0.15, 0.2) is 11.6 Å². The number of rotatable bonds is 3. The number of hydrogen-bond donors (Lipinski definition) is 0. The third-order valence-corrected chi connectivity index (χ3v) is 2.46. The average Bonchev–Trinajstić information content (AvgIpc) is 2.93. The summed E-state index contributed by atoms with van der Waals surface area (Å²) < 4.78 is 36.4. The van der Waals surface area contributed by atoms with E-state index < -0.39 is 11.6 Å². The number of halogens is 3. The lowest BCUT2D eigenvalue weighted by atomic mass is 10.2. The molecule has 1 aromatic carbocycles. The van der Waals surface area contributed by atoms with Gasteiger partial charge < -0.3 is 9.47 Å². The Morgan fingerprint density at radius 1 is 1.47 bits per heavy atom. The molecule has 1 fully saturated rings. The molecule has 1 aliphatic rings. The van der Waals surface area contributed by atoms with Crippen molar-refractivity contribution in [3.63, 3.8) is 0 Å². The van der Waals surface area contributed by atoms with Crippen molar-refractivity contribution in [2.45, 2.75) is 12.5 Å². The van der Waals surface area contributed by atoms with Gasteiger partial charge in [-0.3, -0.25) is 0 Å². The maximum Gasteiger partial charge on any atom is 0.202 e. The summed E-state index contributed by atoms with van der Waals surface area (Å²) in [6.07, 6.45) is 0. The van der Waals surface area contributed by atoms with Gasteiger partial charge in [0.1, 0.15) is 12.2 Å². The van der Waals surface area contributed by atoms with Crippen LogP contribution in [0.3, 0.4) is 0 Å². The molecule has 0 aromatic heterocycles. The minimum atomic E-state index is -1.09. The quantitative estimate of drug-likeness (QED) is 0.593. The van der Waals surface area contributed by atoms with Crippen molar-refractivity contribution in [2.24, 2.45) is 0 Å². The summed E-state index contributed by atoms with van der Waals surface area (Å²) >= 11 is 5.39. The highest BCUT2D eigenvalue weighted by Crippen LogP contribution is 2.30. The van der Waals surface area contributed by atoms with Gasteiger partial charge in [-0.1, -0.05) is 11.6 Å². The molecule has 1 heterocycles. The molecular weight excluding hydrogens is 226 g/mol. The molecule has 15 heavy (non-hydrogen) atoms. The molecule has 0 radical (unpaired) electrons. The molecule has 0 N–H and O–H groups in total. The Morgan fingerprint density at radius 2 is 2.13 bits per heavy atom. The van der Waals surface area contributed by atoms with Crippen molar-refractivity contribution in [3.05, 3.63) is 28.8 Å². The third-order valence-electron chi connectivity index (χ3n) is 2.17. The number of benzene rings is 1. The van der Waals surface area contributed by atoms with E-state index in [0.717, 1.165) is 0 Å². The van der Waals surface area contributed by atoms with Crippen LogP contribution in [-0.4, -0.2) is 18.8 Å². The molecule has 1 aliphatic heterocycles. The van der Waals surface area contributed by atoms with Crippen LogP contribution >= 0.6 is 11.6 Å². The molecule has 1 unspecified atom stereocenters. The number of ether oxygens (including phenoxy) is 2. The molecule has 0 spiro atoms. The van der Waals surface area contributed by atoms with Gasteiger partial charge in [-0.25, -0.2) is 4.39 Å². The van der Waals surface area contributed by atoms with E-state index in [1.54, 1.807) is 0 Å². The van der Waals surface area contributed by atoms with E-state index in [1.165, 1.54) is 12.1 Å². The second-order valence-electron chi connectivity index (χ2n) is 3.70. The smallest absolute Gasteiger partial charge is 0.202 e. The first kappa shape index (κ1) is 10.6. The van der Waals surface area contributed by atoms with Crippen LogP contribution in [0.4, 0.5) is 8.78 Å². The highest BCUT2D eigenvalue weighted by molar-refractivity contribution is 6.30. The van der Waals surface area contributed by atoms with Gasteiger partial charge in [-0.15, -0.1) is 0 Å². The third kappa shape index (κ3) is 2.21. The highest BCUT2D eigenvalue weighted by Gasteiger charge is 2.40. The molecule has 0 saturated carbocycles. The van der Waals surface area contributed by atoms with E-state index in [2.05, 4.69) is 0 Å². The largest absolute Gasteiger partial charge is 0.487 e. The van der Waals surface area contributed by atoms with E-state index in [0.29, 0.717) is 6.61 Å². The predicted octanol–water partition coefficient (Wildman–Crippen LogP) is 2.79. The van der Waals surface area contributed by atoms with Crippen LogP contribution in [0.15, 0.2) is 12.1 Å². The van der Waals surface area contributed by atoms with Gasteiger partial charge in [0.05, 0.1) is 11.6 Å². The van der Waals surface area contributed by atoms with Crippen LogP contribution in [0.2, 0.25) is 5.02 Å². The first-order chi connectivity index (χ1) is 7.02. The molecule has 2 nitrogen and oxygen atoms in total. The molecule has 5 heteroatoms. The van der Waals surface area contributed by atoms with Crippen molar-refractivity contribution in [1.82, 2.24) is 0 Å². The predicted molar refractivity (Wildman–Crippen MR) is 51.2 cm³/mol. The SMILES string of the molecule is CC1(COc2ccc(Cl)c(F)c2F)CO1. The second kappa shape index (κ2) is 3.61. The normalized spacial score (nSPS) is 24.0. The number of epoxide rings is 1. The Morgan fingerprint density at radius 3 is 2.73 bits per heavy atom. The van der Waals surface area contributed by atoms with E-state index in [-0.39, 0.29) is 23.0 Å². The minimum absolute atomic E-state index is 0.145. The van der Waals surface area contributed by atoms with Gasteiger partial charge in [0.2, 0.25) is 5.82 Å². The molecule has 82 valence electrons. The summed E-state index contributed by atoms with van der Waals surface area (Å²) in [6.45, 7) is 2.60. The second-order valence-corrected chi connectivity index (χ2v) is 4.11. The zero-order valence-corrected chi connectivity index (χ0v) is 8.78. The summed E-state index contributed by atoms with van der Waals surface area (Å²) in [5.74, 6) is -2.29. The fourth-order valence-corrected chi connectivity index (χ4v) is 1.20. The maximum atomic E-state index is 13.2. The van der Waals surface area contributed by atoms with Gasteiger partial charge in [0.25, 0.3) is 0 Å². The fourth-order valence-electron chi connectivity index (χ4n) is 1.06. The summed E-state index contributed by atoms with van der Waals surface area (Å²) in [5.41, 5.74) is -0.359. The molecule has 0 bridgehead atoms. The number of hydrogen-bond acceptors (Lipinski definition) is 2. The molecular formula is C10H9ClF2O2. The minimum Gasteiger partial charge on any atom is -0.487 e. The molecule has 2 rings (SSSR count). The zero-order chi connectivity index (χ0) is 11.1. The molecule has 0 amide bonds. The van der Waals surface area contributed by atoms with E-state index in [1.807, 2.05) is 6.92 Å². The van der Waals surface area contributed by atoms with Crippen molar-refractivity contribution in [1.29, 1.82) is 0 Å². The van der Waals surface area contributed by atoms with Gasteiger partial charge in [-0.05, 0) is 19.1 Å². The Balaban J connectivity index is 2.11. The van der Waals surface area contributed by atoms with Gasteiger partial charge in [0, 0.05) is 0 Å². The lowest BCUT2D eigenvalue weighted by Crippen LogP contribution is -2.17. The molecule has 1 atom stereocenters. The zero-order valence-electron chi connectivity index (χ0n) is 8.02. The van der Waals surface area contributed by atoms with E-state index in [4.69, 9.17) is 21.1 Å². The van der Waals surface area contributed by atoms with Crippen molar-refractivity contribution in [3.8, 4) is 5.75 Å². The van der Waals surface area contributed by atoms with Crippen molar-refractivity contribution >= 4 is 11.6 Å². The lowest BCUT2D eigenvalue weighted by Gasteiger charge is -2.10. The summed E-state index contributed by atoms with van der Waals surface area (Å²) in [4.78, 5) is 0. The first-order valence-corrected chi connectivity index (χ1v) is 4.80. The van der Waals surface area contributed by atoms with Crippen molar-refractivity contribution in [2.75, 3.05) is 13.2 Å². The Bertz CT molecular complexity index is 391. The lowest BCUT2D eigenvalue weighted by molar-refractivity contribution is 0.195. The van der Waals surface area contributed by atoms with E-state index in [9.17, 15) is 8.78 Å². The Labute approximate surface area is 90.7 Å². The molecule has 1 saturated heterocycles. The maximum absolute atomic E-state index is 13.2. The van der Waals surface area contributed by atoms with Crippen LogP contribution in [0, 0.1) is 11.6 Å². The summed E-state index contributed by atoms with van der Waals surface area (Å²) in [5, 5.41) is -0.256. The average molecular weight is 235 g/mol. The first-order valence-electron chi connectivity index (χ1n) is 4.42. The van der Waals surface area contributed by atoms with Crippen molar-refractivity contribution < 1.29 is 18.3 Å². The highest BCUT2D eigenvalue weighted by atomic mass is 35.5. The standard InChI is InChI=1S/C10H9ClF2O2/c1-10(5-15-10)4-14-7-3-2-6(11)8(12)9(7)13/h2-3H,4-5H2,1H3. The molecule has 0 aliphatic carbocycles.